The van der Waals surface area contributed by atoms with Crippen molar-refractivity contribution in [1.82, 2.24) is 4.90 Å². The van der Waals surface area contributed by atoms with E-state index in [2.05, 4.69) is 4.90 Å². The fourth-order valence-electron chi connectivity index (χ4n) is 2.26. The number of rotatable bonds is 2. The molecule has 2 aliphatic heterocycles. The Balaban J connectivity index is 1.78. The minimum absolute atomic E-state index is 0.0639. The van der Waals surface area contributed by atoms with Gasteiger partial charge in [-0.2, -0.15) is 0 Å². The molecule has 0 spiro atoms. The van der Waals surface area contributed by atoms with E-state index in [4.69, 9.17) is 4.74 Å². The van der Waals surface area contributed by atoms with Crippen molar-refractivity contribution in [2.75, 3.05) is 32.8 Å². The van der Waals surface area contributed by atoms with Crippen molar-refractivity contribution in [1.29, 1.82) is 0 Å². The van der Waals surface area contributed by atoms with E-state index >= 15 is 0 Å². The second-order valence-corrected chi connectivity index (χ2v) is 4.52. The number of ketones is 1. The maximum atomic E-state index is 11.6. The van der Waals surface area contributed by atoms with Crippen LogP contribution in [-0.2, 0) is 9.53 Å². The van der Waals surface area contributed by atoms with E-state index in [9.17, 15) is 9.90 Å². The van der Waals surface area contributed by atoms with Gasteiger partial charge in [0.05, 0.1) is 25.2 Å². The highest BCUT2D eigenvalue weighted by atomic mass is 16.5. The van der Waals surface area contributed by atoms with Gasteiger partial charge >= 0.3 is 0 Å². The monoisotopic (exact) mass is 213 g/mol. The third-order valence-corrected chi connectivity index (χ3v) is 3.30. The van der Waals surface area contributed by atoms with Crippen LogP contribution in [0, 0.1) is 5.92 Å². The van der Waals surface area contributed by atoms with Gasteiger partial charge in [0.2, 0.25) is 0 Å². The molecule has 0 saturated carbocycles. The van der Waals surface area contributed by atoms with Gasteiger partial charge < -0.3 is 14.7 Å². The van der Waals surface area contributed by atoms with Crippen molar-refractivity contribution in [3.63, 3.8) is 0 Å². The van der Waals surface area contributed by atoms with Crippen LogP contribution >= 0.6 is 0 Å². The molecule has 2 rings (SSSR count). The Hall–Kier alpha value is -0.450. The van der Waals surface area contributed by atoms with Gasteiger partial charge in [-0.15, -0.1) is 0 Å². The molecule has 1 N–H and O–H groups in total. The molecule has 4 heteroatoms. The average molecular weight is 213 g/mol. The van der Waals surface area contributed by atoms with Crippen LogP contribution in [0.15, 0.2) is 0 Å². The highest BCUT2D eigenvalue weighted by Crippen LogP contribution is 2.15. The molecule has 0 aliphatic carbocycles. The highest BCUT2D eigenvalue weighted by Gasteiger charge is 2.26. The summed E-state index contributed by atoms with van der Waals surface area (Å²) in [4.78, 5) is 13.8. The fraction of sp³-hybridized carbons (Fsp3) is 0.909. The molecule has 2 fully saturated rings. The minimum Gasteiger partial charge on any atom is -0.393 e. The van der Waals surface area contributed by atoms with Crippen LogP contribution in [0.4, 0.5) is 0 Å². The van der Waals surface area contributed by atoms with Crippen LogP contribution in [0.1, 0.15) is 19.3 Å². The van der Waals surface area contributed by atoms with Crippen LogP contribution in [0.5, 0.6) is 0 Å². The summed E-state index contributed by atoms with van der Waals surface area (Å²) < 4.78 is 5.32. The van der Waals surface area contributed by atoms with E-state index in [1.165, 1.54) is 0 Å². The standard InChI is InChI=1S/C11H19NO3/c13-10-1-4-12(5-2-10)7-9-8-15-6-3-11(9)14/h9-10,13H,1-8H2. The zero-order chi connectivity index (χ0) is 10.7. The Bertz CT molecular complexity index is 224. The highest BCUT2D eigenvalue weighted by molar-refractivity contribution is 5.82. The number of nitrogens with zero attached hydrogens (tertiary/aromatic N) is 1. The van der Waals surface area contributed by atoms with Crippen molar-refractivity contribution in [3.8, 4) is 0 Å². The predicted molar refractivity (Wildman–Crippen MR) is 55.6 cm³/mol. The lowest BCUT2D eigenvalue weighted by Gasteiger charge is -2.33. The number of likely N-dealkylation sites (tertiary alicyclic amines) is 1. The van der Waals surface area contributed by atoms with Crippen LogP contribution in [0.25, 0.3) is 0 Å². The molecule has 2 heterocycles. The molecule has 4 nitrogen and oxygen atoms in total. The van der Waals surface area contributed by atoms with Gasteiger partial charge in [-0.25, -0.2) is 0 Å². The molecular weight excluding hydrogens is 194 g/mol. The zero-order valence-electron chi connectivity index (χ0n) is 9.02. The number of carbonyl (C=O) groups excluding carboxylic acids is 1. The number of aliphatic hydroxyl groups is 1. The van der Waals surface area contributed by atoms with Gasteiger partial charge in [-0.05, 0) is 12.8 Å². The van der Waals surface area contributed by atoms with Gasteiger partial charge in [0, 0.05) is 26.1 Å². The van der Waals surface area contributed by atoms with Crippen LogP contribution in [-0.4, -0.2) is 54.7 Å². The molecule has 1 atom stereocenters. The number of aliphatic hydroxyl groups excluding tert-OH is 1. The topological polar surface area (TPSA) is 49.8 Å². The van der Waals surface area contributed by atoms with Crippen LogP contribution in [0.2, 0.25) is 0 Å². The number of hydrogen-bond acceptors (Lipinski definition) is 4. The lowest BCUT2D eigenvalue weighted by atomic mass is 9.98. The Morgan fingerprint density at radius 1 is 1.40 bits per heavy atom. The summed E-state index contributed by atoms with van der Waals surface area (Å²) in [5, 5.41) is 9.37. The molecular formula is C11H19NO3. The summed E-state index contributed by atoms with van der Waals surface area (Å²) in [6.45, 7) is 3.80. The van der Waals surface area contributed by atoms with Crippen LogP contribution < -0.4 is 0 Å². The normalized spacial score (nSPS) is 30.7. The minimum atomic E-state index is -0.139. The quantitative estimate of drug-likeness (QED) is 0.704. The number of Topliss-reactive ketones (excluding diaryl/α,β-unsaturated/α-hetero) is 1. The maximum absolute atomic E-state index is 11.6. The lowest BCUT2D eigenvalue weighted by Crippen LogP contribution is -2.43. The number of hydrogen-bond donors (Lipinski definition) is 1. The van der Waals surface area contributed by atoms with Gasteiger partial charge in [0.15, 0.2) is 0 Å². The molecule has 2 aliphatic rings. The molecule has 0 aromatic heterocycles. The van der Waals surface area contributed by atoms with Crippen molar-refractivity contribution < 1.29 is 14.6 Å². The first kappa shape index (κ1) is 11.0. The predicted octanol–water partition coefficient (Wildman–Crippen LogP) is 0.0487. The first-order valence-corrected chi connectivity index (χ1v) is 5.76. The summed E-state index contributed by atoms with van der Waals surface area (Å²) in [7, 11) is 0. The fourth-order valence-corrected chi connectivity index (χ4v) is 2.26. The molecule has 0 amide bonds. The summed E-state index contributed by atoms with van der Waals surface area (Å²) in [6.07, 6.45) is 2.10. The summed E-state index contributed by atoms with van der Waals surface area (Å²) >= 11 is 0. The third-order valence-electron chi connectivity index (χ3n) is 3.30. The Morgan fingerprint density at radius 3 is 2.80 bits per heavy atom. The summed E-state index contributed by atoms with van der Waals surface area (Å²) in [5.41, 5.74) is 0. The SMILES string of the molecule is O=C1CCOCC1CN1CCC(O)CC1. The van der Waals surface area contributed by atoms with E-state index in [0.29, 0.717) is 25.4 Å². The molecule has 0 bridgehead atoms. The summed E-state index contributed by atoms with van der Waals surface area (Å²) in [6, 6.07) is 0. The van der Waals surface area contributed by atoms with E-state index in [1.807, 2.05) is 0 Å². The number of ether oxygens (including phenoxy) is 1. The lowest BCUT2D eigenvalue weighted by molar-refractivity contribution is -0.131. The van der Waals surface area contributed by atoms with Crippen molar-refractivity contribution in [3.05, 3.63) is 0 Å². The van der Waals surface area contributed by atoms with E-state index in [0.717, 1.165) is 32.5 Å². The molecule has 15 heavy (non-hydrogen) atoms. The zero-order valence-corrected chi connectivity index (χ0v) is 9.02. The first-order valence-electron chi connectivity index (χ1n) is 5.76. The molecule has 0 aromatic carbocycles. The molecule has 2 saturated heterocycles. The van der Waals surface area contributed by atoms with Crippen LogP contribution in [0.3, 0.4) is 0 Å². The maximum Gasteiger partial charge on any atom is 0.141 e. The van der Waals surface area contributed by atoms with Gasteiger partial charge in [0.25, 0.3) is 0 Å². The van der Waals surface area contributed by atoms with E-state index in [1.54, 1.807) is 0 Å². The molecule has 0 radical (unpaired) electrons. The third kappa shape index (κ3) is 3.00. The smallest absolute Gasteiger partial charge is 0.141 e. The Morgan fingerprint density at radius 2 is 2.13 bits per heavy atom. The van der Waals surface area contributed by atoms with Gasteiger partial charge in [-0.1, -0.05) is 0 Å². The van der Waals surface area contributed by atoms with Crippen molar-refractivity contribution in [2.24, 2.45) is 5.92 Å². The van der Waals surface area contributed by atoms with Crippen molar-refractivity contribution in [2.45, 2.75) is 25.4 Å². The first-order chi connectivity index (χ1) is 7.25. The largest absolute Gasteiger partial charge is 0.393 e. The average Bonchev–Trinajstić information content (AvgIpc) is 2.25. The van der Waals surface area contributed by atoms with E-state index in [-0.39, 0.29) is 12.0 Å². The molecule has 1 unspecified atom stereocenters. The van der Waals surface area contributed by atoms with Gasteiger partial charge in [0.1, 0.15) is 5.78 Å². The number of carbonyl (C=O) groups is 1. The summed E-state index contributed by atoms with van der Waals surface area (Å²) in [5.74, 6) is 0.404. The Kier molecular flexibility index (Phi) is 3.72. The Labute approximate surface area is 90.2 Å². The van der Waals surface area contributed by atoms with Crippen molar-refractivity contribution >= 4 is 5.78 Å². The second-order valence-electron chi connectivity index (χ2n) is 4.52. The molecule has 0 aromatic rings. The molecule has 86 valence electrons. The number of piperidine rings is 1. The second kappa shape index (κ2) is 5.05. The van der Waals surface area contributed by atoms with Gasteiger partial charge in [-0.3, -0.25) is 4.79 Å². The van der Waals surface area contributed by atoms with E-state index < -0.39 is 0 Å².